The molecule has 6 heteroatoms. The second kappa shape index (κ2) is 7.88. The lowest BCUT2D eigenvalue weighted by molar-refractivity contribution is 0.0526. The molecule has 2 amide bonds. The van der Waals surface area contributed by atoms with Crippen LogP contribution in [0.3, 0.4) is 0 Å². The van der Waals surface area contributed by atoms with Gasteiger partial charge in [0.15, 0.2) is 0 Å². The molecule has 0 aliphatic rings. The Balaban J connectivity index is 2.28. The van der Waals surface area contributed by atoms with Gasteiger partial charge in [0.05, 0.1) is 0 Å². The zero-order valence-corrected chi connectivity index (χ0v) is 13.3. The lowest BCUT2D eigenvalue weighted by Gasteiger charge is -2.19. The summed E-state index contributed by atoms with van der Waals surface area (Å²) >= 11 is 5.68. The van der Waals surface area contributed by atoms with Gasteiger partial charge in [-0.2, -0.15) is 0 Å². The van der Waals surface area contributed by atoms with Crippen LogP contribution in [-0.2, 0) is 10.6 Å². The molecule has 0 saturated carbocycles. The summed E-state index contributed by atoms with van der Waals surface area (Å²) in [4.78, 5) is 23.2. The molecule has 0 radical (unpaired) electrons. The summed E-state index contributed by atoms with van der Waals surface area (Å²) in [6, 6.07) is 7.05. The Kier molecular flexibility index (Phi) is 6.49. The fourth-order valence-corrected chi connectivity index (χ4v) is 1.68. The summed E-state index contributed by atoms with van der Waals surface area (Å²) in [5.74, 6) is 0.226. The molecule has 0 aliphatic carbocycles. The molecular formula is C15H21ClN2O3. The van der Waals surface area contributed by atoms with Crippen LogP contribution < -0.4 is 10.6 Å². The van der Waals surface area contributed by atoms with Gasteiger partial charge in [0.2, 0.25) is 0 Å². The quantitative estimate of drug-likeness (QED) is 0.649. The topological polar surface area (TPSA) is 67.4 Å². The van der Waals surface area contributed by atoms with Crippen molar-refractivity contribution in [2.45, 2.75) is 32.3 Å². The first-order chi connectivity index (χ1) is 9.81. The van der Waals surface area contributed by atoms with E-state index in [0.29, 0.717) is 24.5 Å². The van der Waals surface area contributed by atoms with E-state index < -0.39 is 11.7 Å². The van der Waals surface area contributed by atoms with Gasteiger partial charge in [-0.05, 0) is 38.5 Å². The van der Waals surface area contributed by atoms with Crippen molar-refractivity contribution in [1.29, 1.82) is 0 Å². The average Bonchev–Trinajstić information content (AvgIpc) is 2.41. The Morgan fingerprint density at radius 1 is 1.10 bits per heavy atom. The zero-order valence-electron chi connectivity index (χ0n) is 12.5. The number of nitrogens with one attached hydrogen (secondary N) is 2. The number of amides is 2. The standard InChI is InChI=1S/C15H21ClN2O3/c1-15(2,3)21-14(20)18-9-8-17-13(19)12-6-4-11(10-16)5-7-12/h4-7H,8-10H2,1-3H3,(H,17,19)(H,18,20). The molecule has 1 aromatic rings. The number of halogens is 1. The van der Waals surface area contributed by atoms with Crippen LogP contribution in [-0.4, -0.2) is 30.7 Å². The highest BCUT2D eigenvalue weighted by molar-refractivity contribution is 6.17. The molecule has 21 heavy (non-hydrogen) atoms. The monoisotopic (exact) mass is 312 g/mol. The Bertz CT molecular complexity index is 481. The Morgan fingerprint density at radius 2 is 1.67 bits per heavy atom. The molecule has 0 aliphatic heterocycles. The van der Waals surface area contributed by atoms with Gasteiger partial charge in [-0.15, -0.1) is 11.6 Å². The van der Waals surface area contributed by atoms with Gasteiger partial charge in [-0.25, -0.2) is 4.79 Å². The largest absolute Gasteiger partial charge is 0.444 e. The average molecular weight is 313 g/mol. The number of alkyl halides is 1. The Hall–Kier alpha value is -1.75. The highest BCUT2D eigenvalue weighted by atomic mass is 35.5. The smallest absolute Gasteiger partial charge is 0.407 e. The maximum atomic E-state index is 11.8. The van der Waals surface area contributed by atoms with E-state index in [-0.39, 0.29) is 5.91 Å². The lowest BCUT2D eigenvalue weighted by Crippen LogP contribution is -2.37. The Labute approximate surface area is 130 Å². The molecule has 116 valence electrons. The SMILES string of the molecule is CC(C)(C)OC(=O)NCCNC(=O)c1ccc(CCl)cc1. The van der Waals surface area contributed by atoms with Crippen LogP contribution >= 0.6 is 11.6 Å². The summed E-state index contributed by atoms with van der Waals surface area (Å²) in [7, 11) is 0. The van der Waals surface area contributed by atoms with Crippen molar-refractivity contribution in [1.82, 2.24) is 10.6 Å². The molecular weight excluding hydrogens is 292 g/mol. The molecule has 0 aromatic heterocycles. The summed E-state index contributed by atoms with van der Waals surface area (Å²) in [5, 5.41) is 5.28. The van der Waals surface area contributed by atoms with Gasteiger partial charge >= 0.3 is 6.09 Å². The van der Waals surface area contributed by atoms with Crippen LogP contribution in [0.25, 0.3) is 0 Å². The number of ether oxygens (including phenoxy) is 1. The van der Waals surface area contributed by atoms with Gasteiger partial charge in [0, 0.05) is 24.5 Å². The van der Waals surface area contributed by atoms with E-state index in [2.05, 4.69) is 10.6 Å². The third-order valence-electron chi connectivity index (χ3n) is 2.45. The third kappa shape index (κ3) is 6.99. The number of rotatable bonds is 5. The lowest BCUT2D eigenvalue weighted by atomic mass is 10.1. The van der Waals surface area contributed by atoms with Gasteiger partial charge in [-0.1, -0.05) is 12.1 Å². The molecule has 0 fully saturated rings. The second-order valence-corrected chi connectivity index (χ2v) is 5.78. The first-order valence-corrected chi connectivity index (χ1v) is 7.25. The van der Waals surface area contributed by atoms with E-state index in [1.807, 2.05) is 0 Å². The van der Waals surface area contributed by atoms with Crippen molar-refractivity contribution in [2.75, 3.05) is 13.1 Å². The van der Waals surface area contributed by atoms with Crippen LogP contribution in [0.1, 0.15) is 36.7 Å². The first kappa shape index (κ1) is 17.3. The maximum Gasteiger partial charge on any atom is 0.407 e. The van der Waals surface area contributed by atoms with Crippen LogP contribution in [0.5, 0.6) is 0 Å². The number of benzene rings is 1. The van der Waals surface area contributed by atoms with Crippen molar-refractivity contribution in [3.63, 3.8) is 0 Å². The summed E-state index contributed by atoms with van der Waals surface area (Å²) in [5.41, 5.74) is 0.985. The van der Waals surface area contributed by atoms with Crippen LogP contribution in [0.2, 0.25) is 0 Å². The van der Waals surface area contributed by atoms with E-state index in [0.717, 1.165) is 5.56 Å². The van der Waals surface area contributed by atoms with Gasteiger partial charge in [0.1, 0.15) is 5.60 Å². The van der Waals surface area contributed by atoms with Gasteiger partial charge < -0.3 is 15.4 Å². The number of alkyl carbamates (subject to hydrolysis) is 1. The summed E-state index contributed by atoms with van der Waals surface area (Å²) in [6.07, 6.45) is -0.497. The predicted octanol–water partition coefficient (Wildman–Crippen LogP) is 2.68. The number of hydrogen-bond acceptors (Lipinski definition) is 3. The maximum absolute atomic E-state index is 11.8. The molecule has 0 heterocycles. The van der Waals surface area contributed by atoms with E-state index in [4.69, 9.17) is 16.3 Å². The van der Waals surface area contributed by atoms with Crippen molar-refractivity contribution >= 4 is 23.6 Å². The van der Waals surface area contributed by atoms with Crippen molar-refractivity contribution in [3.8, 4) is 0 Å². The van der Waals surface area contributed by atoms with E-state index in [9.17, 15) is 9.59 Å². The van der Waals surface area contributed by atoms with E-state index in [1.54, 1.807) is 45.0 Å². The van der Waals surface area contributed by atoms with Gasteiger partial charge in [0.25, 0.3) is 5.91 Å². The number of hydrogen-bond donors (Lipinski definition) is 2. The Morgan fingerprint density at radius 3 is 2.19 bits per heavy atom. The van der Waals surface area contributed by atoms with E-state index in [1.165, 1.54) is 0 Å². The van der Waals surface area contributed by atoms with Crippen molar-refractivity contribution in [2.24, 2.45) is 0 Å². The second-order valence-electron chi connectivity index (χ2n) is 5.52. The predicted molar refractivity (Wildman–Crippen MR) is 82.6 cm³/mol. The molecule has 0 spiro atoms. The zero-order chi connectivity index (χ0) is 15.9. The highest BCUT2D eigenvalue weighted by Gasteiger charge is 2.15. The van der Waals surface area contributed by atoms with Crippen molar-refractivity contribution in [3.05, 3.63) is 35.4 Å². The fraction of sp³-hybridized carbons (Fsp3) is 0.467. The molecule has 5 nitrogen and oxygen atoms in total. The molecule has 0 saturated heterocycles. The number of carbonyl (C=O) groups excluding carboxylic acids is 2. The first-order valence-electron chi connectivity index (χ1n) is 6.72. The molecule has 1 aromatic carbocycles. The minimum atomic E-state index is -0.530. The fourth-order valence-electron chi connectivity index (χ4n) is 1.50. The normalized spacial score (nSPS) is 10.9. The van der Waals surface area contributed by atoms with Crippen LogP contribution in [0, 0.1) is 0 Å². The molecule has 2 N–H and O–H groups in total. The van der Waals surface area contributed by atoms with Crippen molar-refractivity contribution < 1.29 is 14.3 Å². The highest BCUT2D eigenvalue weighted by Crippen LogP contribution is 2.07. The van der Waals surface area contributed by atoms with Crippen LogP contribution in [0.15, 0.2) is 24.3 Å². The third-order valence-corrected chi connectivity index (χ3v) is 2.76. The molecule has 0 unspecified atom stereocenters. The molecule has 0 atom stereocenters. The van der Waals surface area contributed by atoms with E-state index >= 15 is 0 Å². The summed E-state index contributed by atoms with van der Waals surface area (Å²) < 4.78 is 5.08. The molecule has 1 rings (SSSR count). The van der Waals surface area contributed by atoms with Crippen LogP contribution in [0.4, 0.5) is 4.79 Å². The van der Waals surface area contributed by atoms with Gasteiger partial charge in [-0.3, -0.25) is 4.79 Å². The minimum absolute atomic E-state index is 0.192. The number of carbonyl (C=O) groups is 2. The minimum Gasteiger partial charge on any atom is -0.444 e. The molecule has 0 bridgehead atoms. The summed E-state index contributed by atoms with van der Waals surface area (Å²) in [6.45, 7) is 6.01.